The summed E-state index contributed by atoms with van der Waals surface area (Å²) in [5.74, 6) is 0. The van der Waals surface area contributed by atoms with Crippen molar-refractivity contribution < 1.29 is 0 Å². The molecular weight excluding hydrogens is 444 g/mol. The lowest BCUT2D eigenvalue weighted by Crippen LogP contribution is -2.43. The van der Waals surface area contributed by atoms with Crippen molar-refractivity contribution in [1.29, 1.82) is 0 Å². The summed E-state index contributed by atoms with van der Waals surface area (Å²) in [6.07, 6.45) is 1.80. The number of hydrogen-bond donors (Lipinski definition) is 2. The number of rotatable bonds is 4. The Bertz CT molecular complexity index is 1240. The van der Waals surface area contributed by atoms with E-state index in [1.807, 2.05) is 0 Å². The largest absolute Gasteiger partial charge is 0.369 e. The normalized spacial score (nSPS) is 19.1. The van der Waals surface area contributed by atoms with Crippen LogP contribution in [0.2, 0.25) is 0 Å². The van der Waals surface area contributed by atoms with Crippen LogP contribution in [0.3, 0.4) is 0 Å². The zero-order valence-electron chi connectivity index (χ0n) is 20.6. The Labute approximate surface area is 212 Å². The van der Waals surface area contributed by atoms with Crippen molar-refractivity contribution in [2.24, 2.45) is 9.98 Å². The third-order valence-electron chi connectivity index (χ3n) is 7.87. The maximum Gasteiger partial charge on any atom is 0.0670 e. The van der Waals surface area contributed by atoms with Crippen molar-refractivity contribution in [2.75, 3.05) is 62.2 Å². The molecule has 0 radical (unpaired) electrons. The SMILES string of the molecule is c1cc(C2=Nc3ccc(N4CCNCC4)cc3C2)ccc1C1=Nc2ccc(N3CCNCC3)cc2C1. The molecule has 4 aliphatic heterocycles. The average Bonchev–Trinajstić information content (AvgIpc) is 3.58. The van der Waals surface area contributed by atoms with Crippen LogP contribution in [0.4, 0.5) is 22.7 Å². The average molecular weight is 477 g/mol. The highest BCUT2D eigenvalue weighted by Crippen LogP contribution is 2.34. The summed E-state index contributed by atoms with van der Waals surface area (Å²) in [6.45, 7) is 8.49. The van der Waals surface area contributed by atoms with Crippen LogP contribution >= 0.6 is 0 Å². The lowest BCUT2D eigenvalue weighted by molar-refractivity contribution is 0.589. The number of benzene rings is 3. The van der Waals surface area contributed by atoms with E-state index in [0.29, 0.717) is 0 Å². The van der Waals surface area contributed by atoms with E-state index in [1.165, 1.54) is 33.6 Å². The maximum absolute atomic E-state index is 4.97. The van der Waals surface area contributed by atoms with Crippen molar-refractivity contribution in [1.82, 2.24) is 10.6 Å². The van der Waals surface area contributed by atoms with Gasteiger partial charge in [0, 0.05) is 76.6 Å². The fourth-order valence-electron chi connectivity index (χ4n) is 5.80. The molecule has 3 aromatic carbocycles. The molecule has 0 aromatic heterocycles. The van der Waals surface area contributed by atoms with Crippen LogP contribution in [0, 0.1) is 0 Å². The molecule has 2 fully saturated rings. The minimum Gasteiger partial charge on any atom is -0.369 e. The Morgan fingerprint density at radius 1 is 0.528 bits per heavy atom. The molecular formula is C30H32N6. The van der Waals surface area contributed by atoms with E-state index in [4.69, 9.17) is 9.98 Å². The number of nitrogens with one attached hydrogen (secondary N) is 2. The molecule has 0 spiro atoms. The van der Waals surface area contributed by atoms with E-state index in [9.17, 15) is 0 Å². The van der Waals surface area contributed by atoms with Gasteiger partial charge in [-0.15, -0.1) is 0 Å². The Balaban J connectivity index is 1.04. The smallest absolute Gasteiger partial charge is 0.0670 e. The first-order valence-corrected chi connectivity index (χ1v) is 13.2. The molecule has 7 rings (SSSR count). The second-order valence-corrected chi connectivity index (χ2v) is 10.1. The van der Waals surface area contributed by atoms with Crippen molar-refractivity contribution in [3.63, 3.8) is 0 Å². The number of fused-ring (bicyclic) bond motifs is 2. The molecule has 36 heavy (non-hydrogen) atoms. The highest BCUT2D eigenvalue weighted by Gasteiger charge is 2.21. The van der Waals surface area contributed by atoms with E-state index >= 15 is 0 Å². The van der Waals surface area contributed by atoms with Gasteiger partial charge in [0.15, 0.2) is 0 Å². The van der Waals surface area contributed by atoms with Gasteiger partial charge in [0.1, 0.15) is 0 Å². The predicted molar refractivity (Wildman–Crippen MR) is 149 cm³/mol. The van der Waals surface area contributed by atoms with Gasteiger partial charge in [0.25, 0.3) is 0 Å². The molecule has 4 aliphatic rings. The lowest BCUT2D eigenvalue weighted by atomic mass is 9.99. The monoisotopic (exact) mass is 476 g/mol. The molecule has 0 bridgehead atoms. The van der Waals surface area contributed by atoms with Gasteiger partial charge in [0.05, 0.1) is 22.8 Å². The third kappa shape index (κ3) is 4.10. The minimum absolute atomic E-state index is 0.899. The Hall–Kier alpha value is -3.48. The highest BCUT2D eigenvalue weighted by molar-refractivity contribution is 6.09. The van der Waals surface area contributed by atoms with E-state index in [-0.39, 0.29) is 0 Å². The van der Waals surface area contributed by atoms with Gasteiger partial charge in [-0.2, -0.15) is 0 Å². The minimum atomic E-state index is 0.899. The van der Waals surface area contributed by atoms with Crippen molar-refractivity contribution in [3.05, 3.63) is 82.9 Å². The van der Waals surface area contributed by atoms with E-state index < -0.39 is 0 Å². The highest BCUT2D eigenvalue weighted by atomic mass is 15.2. The van der Waals surface area contributed by atoms with Gasteiger partial charge in [0.2, 0.25) is 0 Å². The zero-order valence-corrected chi connectivity index (χ0v) is 20.6. The number of piperazine rings is 2. The molecule has 6 heteroatoms. The van der Waals surface area contributed by atoms with Crippen molar-refractivity contribution in [2.45, 2.75) is 12.8 Å². The standard InChI is InChI=1S/C30H32N6/c1-2-22(30-20-24-18-26(6-8-28(24)34-30)36-15-11-32-12-16-36)4-3-21(1)29-19-23-17-25(5-7-27(23)33-29)35-13-9-31-10-14-35/h1-8,17-18,31-32H,9-16,19-20H2. The Kier molecular flexibility index (Phi) is 5.56. The van der Waals surface area contributed by atoms with Crippen LogP contribution in [0.25, 0.3) is 0 Å². The summed E-state index contributed by atoms with van der Waals surface area (Å²) >= 11 is 0. The van der Waals surface area contributed by atoms with Gasteiger partial charge in [-0.25, -0.2) is 0 Å². The van der Waals surface area contributed by atoms with Crippen LogP contribution in [0.15, 0.2) is 70.6 Å². The first-order chi connectivity index (χ1) is 17.8. The van der Waals surface area contributed by atoms with Crippen LogP contribution < -0.4 is 20.4 Å². The van der Waals surface area contributed by atoms with E-state index in [2.05, 4.69) is 81.1 Å². The molecule has 2 saturated heterocycles. The summed E-state index contributed by atoms with van der Waals surface area (Å²) in [6, 6.07) is 22.4. The summed E-state index contributed by atoms with van der Waals surface area (Å²) in [5.41, 5.74) is 12.3. The molecule has 0 aliphatic carbocycles. The summed E-state index contributed by atoms with van der Waals surface area (Å²) in [4.78, 5) is 14.9. The Morgan fingerprint density at radius 2 is 0.944 bits per heavy atom. The van der Waals surface area contributed by atoms with E-state index in [1.54, 1.807) is 0 Å². The van der Waals surface area contributed by atoms with E-state index in [0.717, 1.165) is 88.0 Å². The molecule has 2 N–H and O–H groups in total. The van der Waals surface area contributed by atoms with Gasteiger partial charge in [-0.1, -0.05) is 24.3 Å². The fourth-order valence-corrected chi connectivity index (χ4v) is 5.80. The second-order valence-electron chi connectivity index (χ2n) is 10.1. The third-order valence-corrected chi connectivity index (χ3v) is 7.87. The number of aliphatic imine (C=N–C) groups is 2. The fraction of sp³-hybridized carbons (Fsp3) is 0.333. The molecule has 6 nitrogen and oxygen atoms in total. The molecule has 0 amide bonds. The number of anilines is 2. The first kappa shape index (κ1) is 21.8. The lowest BCUT2D eigenvalue weighted by Gasteiger charge is -2.29. The second kappa shape index (κ2) is 9.19. The van der Waals surface area contributed by atoms with Gasteiger partial charge in [-0.05, 0) is 58.7 Å². The first-order valence-electron chi connectivity index (χ1n) is 13.2. The molecule has 0 atom stereocenters. The molecule has 0 saturated carbocycles. The topological polar surface area (TPSA) is 55.3 Å². The predicted octanol–water partition coefficient (Wildman–Crippen LogP) is 3.86. The zero-order chi connectivity index (χ0) is 23.9. The van der Waals surface area contributed by atoms with Gasteiger partial charge >= 0.3 is 0 Å². The van der Waals surface area contributed by atoms with Crippen molar-refractivity contribution >= 4 is 34.2 Å². The summed E-state index contributed by atoms with van der Waals surface area (Å²) < 4.78 is 0. The van der Waals surface area contributed by atoms with Crippen LogP contribution in [0.5, 0.6) is 0 Å². The molecule has 0 unspecified atom stereocenters. The number of hydrogen-bond acceptors (Lipinski definition) is 6. The molecule has 4 heterocycles. The van der Waals surface area contributed by atoms with Crippen LogP contribution in [-0.2, 0) is 12.8 Å². The quantitative estimate of drug-likeness (QED) is 0.601. The Morgan fingerprint density at radius 3 is 1.36 bits per heavy atom. The molecule has 182 valence electrons. The van der Waals surface area contributed by atoms with Crippen LogP contribution in [-0.4, -0.2) is 63.8 Å². The number of nitrogens with zero attached hydrogens (tertiary/aromatic N) is 4. The maximum atomic E-state index is 4.97. The van der Waals surface area contributed by atoms with Crippen LogP contribution in [0.1, 0.15) is 22.3 Å². The van der Waals surface area contributed by atoms with Gasteiger partial charge in [-0.3, -0.25) is 9.98 Å². The summed E-state index contributed by atoms with van der Waals surface area (Å²) in [7, 11) is 0. The summed E-state index contributed by atoms with van der Waals surface area (Å²) in [5, 5.41) is 6.87. The van der Waals surface area contributed by atoms with Crippen molar-refractivity contribution in [3.8, 4) is 0 Å². The van der Waals surface area contributed by atoms with Gasteiger partial charge < -0.3 is 20.4 Å². The molecule has 3 aromatic rings.